The number of hydrogen-bond acceptors (Lipinski definition) is 5. The van der Waals surface area contributed by atoms with Crippen molar-refractivity contribution in [2.45, 2.75) is 31.6 Å². The molecule has 3 N–H and O–H groups in total. The van der Waals surface area contributed by atoms with Gasteiger partial charge in [0.1, 0.15) is 0 Å². The average molecular weight is 453 g/mol. The monoisotopic (exact) mass is 452 g/mol. The van der Waals surface area contributed by atoms with Gasteiger partial charge in [-0.1, -0.05) is 23.7 Å². The van der Waals surface area contributed by atoms with E-state index < -0.39 is 11.7 Å². The quantitative estimate of drug-likeness (QED) is 0.591. The minimum atomic E-state index is -4.48. The minimum absolute atomic E-state index is 0.0198. The molecule has 3 aromatic rings. The van der Waals surface area contributed by atoms with E-state index in [-0.39, 0.29) is 17.6 Å². The van der Waals surface area contributed by atoms with Crippen molar-refractivity contribution in [3.8, 4) is 0 Å². The number of likely N-dealkylation sites (tertiary alicyclic amines) is 1. The van der Waals surface area contributed by atoms with E-state index >= 15 is 0 Å². The van der Waals surface area contributed by atoms with Gasteiger partial charge < -0.3 is 20.5 Å². The number of piperidine rings is 1. The molecule has 0 aliphatic carbocycles. The molecule has 1 fully saturated rings. The Balaban J connectivity index is 1.59. The van der Waals surface area contributed by atoms with Gasteiger partial charge in [0.05, 0.1) is 33.9 Å². The molecule has 0 spiro atoms. The number of nitrogens with zero attached hydrogens (tertiary/aromatic N) is 4. The first-order valence-corrected chi connectivity index (χ1v) is 10.6. The number of fused-ring (bicyclic) bond motifs is 1. The highest BCUT2D eigenvalue weighted by atomic mass is 35.5. The third-order valence-electron chi connectivity index (χ3n) is 5.57. The Morgan fingerprint density at radius 3 is 2.61 bits per heavy atom. The van der Waals surface area contributed by atoms with Crippen molar-refractivity contribution in [2.75, 3.05) is 31.5 Å². The lowest BCUT2D eigenvalue weighted by molar-refractivity contribution is -0.137. The molecule has 1 saturated heterocycles. The number of aromatic nitrogens is 3. The second-order valence-electron chi connectivity index (χ2n) is 7.71. The molecule has 6 nitrogen and oxygen atoms in total. The molecule has 1 aliphatic heterocycles. The molecule has 31 heavy (non-hydrogen) atoms. The van der Waals surface area contributed by atoms with Gasteiger partial charge in [-0.15, -0.1) is 0 Å². The van der Waals surface area contributed by atoms with Crippen LogP contribution in [0.5, 0.6) is 0 Å². The van der Waals surface area contributed by atoms with Crippen LogP contribution >= 0.6 is 11.6 Å². The highest BCUT2D eigenvalue weighted by Gasteiger charge is 2.31. The molecule has 2 aromatic heterocycles. The molecular formula is C21H24ClF3N6. The molecule has 0 unspecified atom stereocenters. The van der Waals surface area contributed by atoms with Gasteiger partial charge in [0.25, 0.3) is 0 Å². The van der Waals surface area contributed by atoms with Gasteiger partial charge in [-0.05, 0) is 31.0 Å². The third kappa shape index (κ3) is 4.94. The van der Waals surface area contributed by atoms with Crippen molar-refractivity contribution in [3.63, 3.8) is 0 Å². The van der Waals surface area contributed by atoms with Crippen LogP contribution < -0.4 is 11.1 Å². The van der Waals surface area contributed by atoms with E-state index in [0.717, 1.165) is 55.8 Å². The minimum Gasteiger partial charge on any atom is -0.353 e. The highest BCUT2D eigenvalue weighted by molar-refractivity contribution is 6.31. The summed E-state index contributed by atoms with van der Waals surface area (Å²) in [6.45, 7) is 3.67. The van der Waals surface area contributed by atoms with Crippen molar-refractivity contribution in [1.29, 1.82) is 0 Å². The number of nitrogens with one attached hydrogen (secondary N) is 1. The second-order valence-corrected chi connectivity index (χ2v) is 8.12. The molecule has 3 heterocycles. The smallest absolute Gasteiger partial charge is 0.353 e. The number of alkyl halides is 3. The lowest BCUT2D eigenvalue weighted by Crippen LogP contribution is -2.41. The first-order chi connectivity index (χ1) is 14.8. The normalized spacial score (nSPS) is 16.2. The SMILES string of the molecule is NCCN1CCC(Nc2nc3ccccc3n2Cc2ncc(C(F)(F)F)cc2Cl)CC1. The molecular weight excluding hydrogens is 429 g/mol. The predicted molar refractivity (Wildman–Crippen MR) is 115 cm³/mol. The zero-order chi connectivity index (χ0) is 22.0. The van der Waals surface area contributed by atoms with E-state index in [4.69, 9.17) is 22.3 Å². The van der Waals surface area contributed by atoms with Crippen LogP contribution in [0.4, 0.5) is 19.1 Å². The van der Waals surface area contributed by atoms with Gasteiger partial charge in [0.15, 0.2) is 0 Å². The summed E-state index contributed by atoms with van der Waals surface area (Å²) in [5, 5.41) is 3.50. The van der Waals surface area contributed by atoms with Gasteiger partial charge in [-0.2, -0.15) is 13.2 Å². The molecule has 0 saturated carbocycles. The maximum atomic E-state index is 13.0. The fourth-order valence-corrected chi connectivity index (χ4v) is 4.13. The van der Waals surface area contributed by atoms with Crippen molar-refractivity contribution in [3.05, 3.63) is 52.8 Å². The maximum Gasteiger partial charge on any atom is 0.417 e. The first kappa shape index (κ1) is 21.9. The number of hydrogen-bond donors (Lipinski definition) is 2. The summed E-state index contributed by atoms with van der Waals surface area (Å²) in [6, 6.07) is 8.80. The summed E-state index contributed by atoms with van der Waals surface area (Å²) >= 11 is 6.16. The zero-order valence-corrected chi connectivity index (χ0v) is 17.6. The first-order valence-electron chi connectivity index (χ1n) is 10.2. The van der Waals surface area contributed by atoms with Gasteiger partial charge in [-0.3, -0.25) is 4.98 Å². The topological polar surface area (TPSA) is 72.0 Å². The lowest BCUT2D eigenvalue weighted by Gasteiger charge is -2.32. The molecule has 166 valence electrons. The summed E-state index contributed by atoms with van der Waals surface area (Å²) in [4.78, 5) is 11.1. The van der Waals surface area contributed by atoms with Crippen LogP contribution in [0.2, 0.25) is 5.02 Å². The number of anilines is 1. The third-order valence-corrected chi connectivity index (χ3v) is 5.90. The van der Waals surface area contributed by atoms with Crippen LogP contribution in [0.3, 0.4) is 0 Å². The summed E-state index contributed by atoms with van der Waals surface area (Å²) < 4.78 is 40.8. The Hall–Kier alpha value is -2.36. The zero-order valence-electron chi connectivity index (χ0n) is 16.9. The van der Waals surface area contributed by atoms with Crippen LogP contribution in [0.1, 0.15) is 24.1 Å². The number of imidazole rings is 1. The number of benzene rings is 1. The van der Waals surface area contributed by atoms with E-state index in [9.17, 15) is 13.2 Å². The Labute approximate surface area is 183 Å². The maximum absolute atomic E-state index is 13.0. The number of halogens is 4. The lowest BCUT2D eigenvalue weighted by atomic mass is 10.1. The number of nitrogens with two attached hydrogens (primary N) is 1. The highest BCUT2D eigenvalue weighted by Crippen LogP contribution is 2.32. The van der Waals surface area contributed by atoms with Crippen molar-refractivity contribution in [2.24, 2.45) is 5.73 Å². The summed E-state index contributed by atoms with van der Waals surface area (Å²) in [5.74, 6) is 0.663. The number of para-hydroxylation sites is 2. The second kappa shape index (κ2) is 9.02. The van der Waals surface area contributed by atoms with E-state index in [1.54, 1.807) is 0 Å². The van der Waals surface area contributed by atoms with Crippen LogP contribution in [0.25, 0.3) is 11.0 Å². The van der Waals surface area contributed by atoms with Gasteiger partial charge in [-0.25, -0.2) is 4.98 Å². The predicted octanol–water partition coefficient (Wildman–Crippen LogP) is 3.99. The fourth-order valence-electron chi connectivity index (χ4n) is 3.90. The Morgan fingerprint density at radius 1 is 1.19 bits per heavy atom. The van der Waals surface area contributed by atoms with Crippen molar-refractivity contribution < 1.29 is 13.2 Å². The standard InChI is InChI=1S/C21H24ClF3N6/c22-16-11-14(21(23,24)25)12-27-18(16)13-31-19-4-2-1-3-17(19)29-20(31)28-15-5-8-30(9-6-15)10-7-26/h1-4,11-12,15H,5-10,13,26H2,(H,28,29). The Morgan fingerprint density at radius 2 is 1.94 bits per heavy atom. The number of pyridine rings is 1. The molecule has 0 amide bonds. The van der Waals surface area contributed by atoms with E-state index in [0.29, 0.717) is 18.2 Å². The summed E-state index contributed by atoms with van der Waals surface area (Å²) in [5.41, 5.74) is 6.81. The average Bonchev–Trinajstić information content (AvgIpc) is 3.07. The Kier molecular flexibility index (Phi) is 6.36. The van der Waals surface area contributed by atoms with E-state index in [1.165, 1.54) is 0 Å². The van der Waals surface area contributed by atoms with Crippen molar-refractivity contribution >= 4 is 28.6 Å². The molecule has 1 aliphatic rings. The molecule has 0 bridgehead atoms. The summed E-state index contributed by atoms with van der Waals surface area (Å²) in [6.07, 6.45) is -1.74. The van der Waals surface area contributed by atoms with Gasteiger partial charge >= 0.3 is 6.18 Å². The largest absolute Gasteiger partial charge is 0.417 e. The van der Waals surface area contributed by atoms with Crippen molar-refractivity contribution in [1.82, 2.24) is 19.4 Å². The Bertz CT molecular complexity index is 1040. The molecule has 4 rings (SSSR count). The van der Waals surface area contributed by atoms with Crippen LogP contribution in [0, 0.1) is 0 Å². The summed E-state index contributed by atoms with van der Waals surface area (Å²) in [7, 11) is 0. The van der Waals surface area contributed by atoms with Crippen LogP contribution in [-0.4, -0.2) is 51.7 Å². The van der Waals surface area contributed by atoms with Gasteiger partial charge in [0, 0.05) is 38.4 Å². The molecule has 10 heteroatoms. The van der Waals surface area contributed by atoms with Crippen LogP contribution in [0.15, 0.2) is 36.5 Å². The van der Waals surface area contributed by atoms with E-state index in [1.807, 2.05) is 28.8 Å². The fraction of sp³-hybridized carbons (Fsp3) is 0.429. The van der Waals surface area contributed by atoms with E-state index in [2.05, 4.69) is 15.2 Å². The van der Waals surface area contributed by atoms with Crippen LogP contribution in [-0.2, 0) is 12.7 Å². The molecule has 1 aromatic carbocycles. The molecule has 0 atom stereocenters. The number of rotatable bonds is 6. The van der Waals surface area contributed by atoms with Gasteiger partial charge in [0.2, 0.25) is 5.95 Å². The molecule has 0 radical (unpaired) electrons.